The molecule has 1 rings (SSSR count). The Bertz CT molecular complexity index is 356. The lowest BCUT2D eigenvalue weighted by Gasteiger charge is -2.22. The van der Waals surface area contributed by atoms with Crippen LogP contribution >= 0.6 is 11.8 Å². The maximum atomic E-state index is 5.18. The van der Waals surface area contributed by atoms with E-state index in [2.05, 4.69) is 45.3 Å². The number of methoxy groups -OCH3 is 1. The molecule has 0 aliphatic heterocycles. The van der Waals surface area contributed by atoms with Gasteiger partial charge in [0, 0.05) is 16.5 Å². The highest BCUT2D eigenvalue weighted by Gasteiger charge is 2.14. The topological polar surface area (TPSA) is 21.3 Å². The highest BCUT2D eigenvalue weighted by Crippen LogP contribution is 2.24. The number of benzene rings is 1. The lowest BCUT2D eigenvalue weighted by molar-refractivity contribution is 0.414. The van der Waals surface area contributed by atoms with Crippen molar-refractivity contribution in [2.45, 2.75) is 44.4 Å². The summed E-state index contributed by atoms with van der Waals surface area (Å²) < 4.78 is 5.52. The van der Waals surface area contributed by atoms with Crippen molar-refractivity contribution in [1.82, 2.24) is 5.32 Å². The van der Waals surface area contributed by atoms with Gasteiger partial charge in [0.25, 0.3) is 0 Å². The van der Waals surface area contributed by atoms with Crippen molar-refractivity contribution in [3.05, 3.63) is 29.8 Å². The molecule has 0 heterocycles. The molecule has 19 heavy (non-hydrogen) atoms. The Balaban J connectivity index is 2.39. The Morgan fingerprint density at radius 1 is 1.21 bits per heavy atom. The quantitative estimate of drug-likeness (QED) is 0.822. The summed E-state index contributed by atoms with van der Waals surface area (Å²) in [6.07, 6.45) is 2.28. The molecule has 0 spiro atoms. The lowest BCUT2D eigenvalue weighted by atomic mass is 10.1. The summed E-state index contributed by atoms with van der Waals surface area (Å²) >= 11 is 2.02. The molecule has 1 atom stereocenters. The van der Waals surface area contributed by atoms with Gasteiger partial charge in [0.15, 0.2) is 0 Å². The molecule has 1 aromatic carbocycles. The van der Waals surface area contributed by atoms with E-state index in [0.717, 1.165) is 17.9 Å². The number of rotatable bonds is 7. The number of hydrogen-bond acceptors (Lipinski definition) is 3. The third-order valence-electron chi connectivity index (χ3n) is 3.07. The fourth-order valence-corrected chi connectivity index (χ4v) is 2.83. The summed E-state index contributed by atoms with van der Waals surface area (Å²) in [5.41, 5.74) is 1.38. The predicted octanol–water partition coefficient (Wildman–Crippen LogP) is 3.75. The molecule has 1 unspecified atom stereocenters. The molecular weight excluding hydrogens is 254 g/mol. The van der Waals surface area contributed by atoms with Crippen LogP contribution in [0.2, 0.25) is 0 Å². The highest BCUT2D eigenvalue weighted by molar-refractivity contribution is 8.00. The molecule has 0 saturated heterocycles. The Kier molecular flexibility index (Phi) is 6.73. The van der Waals surface area contributed by atoms with E-state index < -0.39 is 0 Å². The van der Waals surface area contributed by atoms with Crippen molar-refractivity contribution >= 4 is 11.8 Å². The molecule has 0 fully saturated rings. The first-order chi connectivity index (χ1) is 8.94. The van der Waals surface area contributed by atoms with Crippen molar-refractivity contribution in [3.8, 4) is 5.75 Å². The number of nitrogens with one attached hydrogen (secondary N) is 1. The van der Waals surface area contributed by atoms with Crippen LogP contribution in [0.4, 0.5) is 0 Å². The van der Waals surface area contributed by atoms with E-state index >= 15 is 0 Å². The van der Waals surface area contributed by atoms with Crippen LogP contribution in [0.15, 0.2) is 24.3 Å². The van der Waals surface area contributed by atoms with Gasteiger partial charge in [-0.1, -0.05) is 32.9 Å². The van der Waals surface area contributed by atoms with Crippen molar-refractivity contribution in [2.75, 3.05) is 19.9 Å². The van der Waals surface area contributed by atoms with E-state index in [1.165, 1.54) is 12.0 Å². The van der Waals surface area contributed by atoms with Crippen molar-refractivity contribution in [2.24, 2.45) is 0 Å². The van der Waals surface area contributed by atoms with Gasteiger partial charge < -0.3 is 10.1 Å². The number of ether oxygens (including phenoxy) is 1. The largest absolute Gasteiger partial charge is 0.497 e. The fourth-order valence-electron chi connectivity index (χ4n) is 1.79. The predicted molar refractivity (Wildman–Crippen MR) is 86.4 cm³/mol. The minimum atomic E-state index is 0.342. The van der Waals surface area contributed by atoms with Gasteiger partial charge in [0.1, 0.15) is 5.75 Å². The summed E-state index contributed by atoms with van der Waals surface area (Å²) in [6.45, 7) is 6.82. The lowest BCUT2D eigenvalue weighted by Crippen LogP contribution is -2.30. The first-order valence-corrected chi connectivity index (χ1v) is 7.87. The Labute approximate surface area is 122 Å². The van der Waals surface area contributed by atoms with Crippen molar-refractivity contribution in [3.63, 3.8) is 0 Å². The molecule has 1 N–H and O–H groups in total. The fraction of sp³-hybridized carbons (Fsp3) is 0.625. The average Bonchev–Trinajstić information content (AvgIpc) is 2.38. The van der Waals surface area contributed by atoms with E-state index in [1.807, 2.05) is 23.9 Å². The molecule has 0 saturated carbocycles. The van der Waals surface area contributed by atoms with Crippen molar-refractivity contribution in [1.29, 1.82) is 0 Å². The molecular formula is C16H27NOS. The van der Waals surface area contributed by atoms with Crippen molar-refractivity contribution < 1.29 is 4.74 Å². The van der Waals surface area contributed by atoms with Crippen LogP contribution in [-0.2, 0) is 6.42 Å². The Hall–Kier alpha value is -0.670. The number of aryl methyl sites for hydroxylation is 1. The standard InChI is InChI=1S/C16H27NOS/c1-16(2,3)19-12-14(17-4)9-6-13-7-10-15(18-5)11-8-13/h7-8,10-11,14,17H,6,9,12H2,1-5H3. The Morgan fingerprint density at radius 2 is 1.84 bits per heavy atom. The van der Waals surface area contributed by atoms with Gasteiger partial charge >= 0.3 is 0 Å². The summed E-state index contributed by atoms with van der Waals surface area (Å²) in [6, 6.07) is 8.96. The molecule has 0 radical (unpaired) electrons. The van der Waals surface area contributed by atoms with E-state index in [0.29, 0.717) is 10.8 Å². The second kappa shape index (κ2) is 7.81. The van der Waals surface area contributed by atoms with E-state index in [4.69, 9.17) is 4.74 Å². The SMILES string of the molecule is CNC(CCc1ccc(OC)cc1)CSC(C)(C)C. The smallest absolute Gasteiger partial charge is 0.118 e. The van der Waals surface area contributed by atoms with Crippen LogP contribution in [0.5, 0.6) is 5.75 Å². The molecule has 0 aromatic heterocycles. The third kappa shape index (κ3) is 6.88. The second-order valence-electron chi connectivity index (χ2n) is 5.80. The molecule has 0 aliphatic rings. The monoisotopic (exact) mass is 281 g/mol. The molecule has 3 heteroatoms. The maximum absolute atomic E-state index is 5.18. The summed E-state index contributed by atoms with van der Waals surface area (Å²) in [5, 5.41) is 3.42. The van der Waals surface area contributed by atoms with Crippen LogP contribution in [-0.4, -0.2) is 30.7 Å². The van der Waals surface area contributed by atoms with Crippen LogP contribution in [0.25, 0.3) is 0 Å². The molecule has 0 bridgehead atoms. The van der Waals surface area contributed by atoms with Gasteiger partial charge in [-0.25, -0.2) is 0 Å². The minimum absolute atomic E-state index is 0.342. The second-order valence-corrected chi connectivity index (χ2v) is 7.64. The number of hydrogen-bond donors (Lipinski definition) is 1. The van der Waals surface area contributed by atoms with Gasteiger partial charge in [0.2, 0.25) is 0 Å². The molecule has 2 nitrogen and oxygen atoms in total. The van der Waals surface area contributed by atoms with Gasteiger partial charge in [-0.15, -0.1) is 0 Å². The van der Waals surface area contributed by atoms with Crippen LogP contribution in [0.3, 0.4) is 0 Å². The minimum Gasteiger partial charge on any atom is -0.497 e. The van der Waals surface area contributed by atoms with Gasteiger partial charge in [-0.3, -0.25) is 0 Å². The summed E-state index contributed by atoms with van der Waals surface area (Å²) in [7, 11) is 3.76. The van der Waals surface area contributed by atoms with Gasteiger partial charge in [-0.2, -0.15) is 11.8 Å². The average molecular weight is 281 g/mol. The third-order valence-corrected chi connectivity index (χ3v) is 4.50. The van der Waals surface area contributed by atoms with Gasteiger partial charge in [0.05, 0.1) is 7.11 Å². The normalized spacial score (nSPS) is 13.3. The van der Waals surface area contributed by atoms with Crippen LogP contribution < -0.4 is 10.1 Å². The molecule has 0 amide bonds. The highest BCUT2D eigenvalue weighted by atomic mass is 32.2. The summed E-state index contributed by atoms with van der Waals surface area (Å²) in [5.74, 6) is 2.09. The molecule has 108 valence electrons. The van der Waals surface area contributed by atoms with E-state index in [1.54, 1.807) is 7.11 Å². The molecule has 0 aliphatic carbocycles. The van der Waals surface area contributed by atoms with Crippen LogP contribution in [0, 0.1) is 0 Å². The number of thioether (sulfide) groups is 1. The zero-order valence-electron chi connectivity index (χ0n) is 12.8. The maximum Gasteiger partial charge on any atom is 0.118 e. The van der Waals surface area contributed by atoms with E-state index in [9.17, 15) is 0 Å². The van der Waals surface area contributed by atoms with E-state index in [-0.39, 0.29) is 0 Å². The van der Waals surface area contributed by atoms with Crippen LogP contribution in [0.1, 0.15) is 32.8 Å². The molecule has 1 aromatic rings. The zero-order chi connectivity index (χ0) is 14.3. The first-order valence-electron chi connectivity index (χ1n) is 6.89. The van der Waals surface area contributed by atoms with Gasteiger partial charge in [-0.05, 0) is 37.6 Å². The first kappa shape index (κ1) is 16.4. The summed E-state index contributed by atoms with van der Waals surface area (Å²) in [4.78, 5) is 0. The Morgan fingerprint density at radius 3 is 2.32 bits per heavy atom. The zero-order valence-corrected chi connectivity index (χ0v) is 13.6.